The minimum atomic E-state index is -5.02. The first kappa shape index (κ1) is 30.3. The third-order valence-electron chi connectivity index (χ3n) is 8.84. The number of benzene rings is 2. The van der Waals surface area contributed by atoms with Crippen LogP contribution in [0.5, 0.6) is 0 Å². The molecule has 12 heteroatoms. The van der Waals surface area contributed by atoms with Gasteiger partial charge in [-0.15, -0.1) is 0 Å². The maximum atomic E-state index is 14.4. The average molecular weight is 600 g/mol. The van der Waals surface area contributed by atoms with Crippen molar-refractivity contribution in [1.29, 1.82) is 0 Å². The lowest BCUT2D eigenvalue weighted by molar-refractivity contribution is -0.162. The number of hydrogen-bond acceptors (Lipinski definition) is 3. The average Bonchev–Trinajstić information content (AvgIpc) is 2.90. The van der Waals surface area contributed by atoms with Crippen molar-refractivity contribution < 1.29 is 40.3 Å². The second-order valence-electron chi connectivity index (χ2n) is 11.9. The van der Waals surface area contributed by atoms with Gasteiger partial charge in [0.1, 0.15) is 11.9 Å². The van der Waals surface area contributed by atoms with Crippen molar-refractivity contribution in [2.24, 2.45) is 17.8 Å². The Labute approximate surface area is 239 Å². The fourth-order valence-electron chi connectivity index (χ4n) is 6.83. The van der Waals surface area contributed by atoms with Crippen LogP contribution in [0.1, 0.15) is 47.9 Å². The van der Waals surface area contributed by atoms with Crippen LogP contribution in [0.2, 0.25) is 0 Å². The molecular formula is C30H32F7N3O2. The van der Waals surface area contributed by atoms with E-state index in [1.54, 1.807) is 17.0 Å². The highest BCUT2D eigenvalue weighted by atomic mass is 19.4. The number of carbonyl (C=O) groups excluding carboxylic acids is 2. The molecule has 3 heterocycles. The number of nitrogens with zero attached hydrogens (tertiary/aromatic N) is 3. The molecule has 2 aromatic carbocycles. The van der Waals surface area contributed by atoms with Gasteiger partial charge >= 0.3 is 12.4 Å². The summed E-state index contributed by atoms with van der Waals surface area (Å²) < 4.78 is 95.3. The Hall–Kier alpha value is -3.15. The molecule has 0 aromatic heterocycles. The highest BCUT2D eigenvalue weighted by Crippen LogP contribution is 2.46. The summed E-state index contributed by atoms with van der Waals surface area (Å²) in [6.45, 7) is 2.90. The topological polar surface area (TPSA) is 43.9 Å². The summed E-state index contributed by atoms with van der Waals surface area (Å²) in [7, 11) is 1.91. The first-order valence-corrected chi connectivity index (χ1v) is 13.9. The van der Waals surface area contributed by atoms with Crippen molar-refractivity contribution in [3.8, 4) is 0 Å². The van der Waals surface area contributed by atoms with Crippen LogP contribution >= 0.6 is 0 Å². The number of halogens is 7. The summed E-state index contributed by atoms with van der Waals surface area (Å²) in [5.74, 6) is -2.52. The first-order valence-electron chi connectivity index (χ1n) is 13.9. The van der Waals surface area contributed by atoms with Crippen LogP contribution in [0, 0.1) is 23.6 Å². The Morgan fingerprint density at radius 1 is 0.833 bits per heavy atom. The van der Waals surface area contributed by atoms with E-state index < -0.39 is 59.6 Å². The third-order valence-corrected chi connectivity index (χ3v) is 8.84. The highest BCUT2D eigenvalue weighted by molar-refractivity contribution is 5.91. The number of piperidine rings is 2. The zero-order valence-electron chi connectivity index (χ0n) is 23.2. The van der Waals surface area contributed by atoms with Crippen LogP contribution in [0.4, 0.5) is 30.7 Å². The number of alkyl halides is 6. The Balaban J connectivity index is 1.58. The smallest absolute Gasteiger partial charge is 0.336 e. The lowest BCUT2D eigenvalue weighted by Gasteiger charge is -2.53. The Kier molecular flexibility index (Phi) is 8.06. The molecule has 0 spiro atoms. The summed E-state index contributed by atoms with van der Waals surface area (Å²) >= 11 is 0. The van der Waals surface area contributed by atoms with Gasteiger partial charge in [0.05, 0.1) is 17.0 Å². The van der Waals surface area contributed by atoms with E-state index in [0.717, 1.165) is 0 Å². The molecule has 2 aromatic rings. The molecule has 3 fully saturated rings. The maximum Gasteiger partial charge on any atom is 0.416 e. The van der Waals surface area contributed by atoms with E-state index >= 15 is 0 Å². The summed E-state index contributed by atoms with van der Waals surface area (Å²) in [5.41, 5.74) is -2.54. The van der Waals surface area contributed by atoms with Crippen molar-refractivity contribution in [3.05, 3.63) is 70.5 Å². The molecule has 228 valence electrons. The van der Waals surface area contributed by atoms with Crippen LogP contribution in [0.25, 0.3) is 0 Å². The largest absolute Gasteiger partial charge is 0.416 e. The normalized spacial score (nSPS) is 27.8. The minimum absolute atomic E-state index is 0.0632. The van der Waals surface area contributed by atoms with Crippen molar-refractivity contribution in [3.63, 3.8) is 0 Å². The number of hydrogen-bond donors (Lipinski definition) is 0. The lowest BCUT2D eigenvalue weighted by atomic mass is 9.66. The molecule has 5 nitrogen and oxygen atoms in total. The number of rotatable bonds is 3. The molecule has 3 aliphatic rings. The third kappa shape index (κ3) is 6.00. The standard InChI is InChI=1S/C30H32F7N3O2/c1-17-7-10-40-26(25(19-3-5-22(31)6-4-19)23-8-9-38(2)16-24(23)27(40)41)28(42)39(14-17)15-18-11-20(29(32,33)34)13-21(12-18)30(35,36)37/h3-6,11-13,17,23-26H,7-10,14-16H2,1-2H3/t17-,23?,24?,25?,26?/m1/s1. The summed E-state index contributed by atoms with van der Waals surface area (Å²) in [6, 6.07) is 6.07. The van der Waals surface area contributed by atoms with E-state index in [4.69, 9.17) is 0 Å². The number of carbonyl (C=O) groups is 2. The first-order chi connectivity index (χ1) is 19.6. The summed E-state index contributed by atoms with van der Waals surface area (Å²) in [4.78, 5) is 33.2. The van der Waals surface area contributed by atoms with Gasteiger partial charge in [-0.3, -0.25) is 9.59 Å². The van der Waals surface area contributed by atoms with Crippen LogP contribution in [-0.4, -0.2) is 65.8 Å². The SMILES string of the molecule is C[C@@H]1CCN2C(=O)C3CN(C)CCC3C(c3ccc(F)cc3)C2C(=O)N(Cc2cc(C(F)(F)F)cc(C(F)(F)F)c2)C1. The predicted octanol–water partition coefficient (Wildman–Crippen LogP) is 5.79. The summed E-state index contributed by atoms with van der Waals surface area (Å²) in [6.07, 6.45) is -8.95. The maximum absolute atomic E-state index is 14.4. The molecule has 0 radical (unpaired) electrons. The van der Waals surface area contributed by atoms with Crippen molar-refractivity contribution in [1.82, 2.24) is 14.7 Å². The molecule has 5 rings (SSSR count). The van der Waals surface area contributed by atoms with Gasteiger partial charge in [0, 0.05) is 32.1 Å². The molecule has 4 unspecified atom stereocenters. The van der Waals surface area contributed by atoms with Crippen LogP contribution < -0.4 is 0 Å². The van der Waals surface area contributed by atoms with Crippen LogP contribution in [-0.2, 0) is 28.5 Å². The zero-order valence-corrected chi connectivity index (χ0v) is 23.2. The zero-order chi connectivity index (χ0) is 30.6. The second-order valence-corrected chi connectivity index (χ2v) is 11.9. The minimum Gasteiger partial charge on any atom is -0.336 e. The molecule has 2 amide bonds. The van der Waals surface area contributed by atoms with Gasteiger partial charge in [-0.1, -0.05) is 19.1 Å². The van der Waals surface area contributed by atoms with Crippen molar-refractivity contribution in [2.45, 2.75) is 50.6 Å². The van der Waals surface area contributed by atoms with Crippen molar-refractivity contribution in [2.75, 3.05) is 33.2 Å². The van der Waals surface area contributed by atoms with E-state index in [1.807, 2.05) is 18.9 Å². The Bertz CT molecular complexity index is 1300. The van der Waals surface area contributed by atoms with E-state index in [-0.39, 0.29) is 42.5 Å². The fraction of sp³-hybridized carbons (Fsp3) is 0.533. The van der Waals surface area contributed by atoms with Gasteiger partial charge < -0.3 is 14.7 Å². The van der Waals surface area contributed by atoms with Gasteiger partial charge in [-0.25, -0.2) is 4.39 Å². The number of fused-ring (bicyclic) bond motifs is 2. The van der Waals surface area contributed by atoms with Gasteiger partial charge in [-0.2, -0.15) is 26.3 Å². The molecular weight excluding hydrogens is 567 g/mol. The molecule has 3 saturated heterocycles. The number of likely N-dealkylation sites (tertiary alicyclic amines) is 1. The summed E-state index contributed by atoms with van der Waals surface area (Å²) in [5, 5.41) is 0. The second kappa shape index (κ2) is 11.2. The fourth-order valence-corrected chi connectivity index (χ4v) is 6.83. The number of amides is 2. The van der Waals surface area contributed by atoms with Gasteiger partial charge in [0.15, 0.2) is 0 Å². The van der Waals surface area contributed by atoms with Gasteiger partial charge in [0.2, 0.25) is 11.8 Å². The van der Waals surface area contributed by atoms with Crippen LogP contribution in [0.3, 0.4) is 0 Å². The van der Waals surface area contributed by atoms with Gasteiger partial charge in [0.25, 0.3) is 0 Å². The van der Waals surface area contributed by atoms with E-state index in [2.05, 4.69) is 0 Å². The van der Waals surface area contributed by atoms with Crippen LogP contribution in [0.15, 0.2) is 42.5 Å². The highest BCUT2D eigenvalue weighted by Gasteiger charge is 2.54. The quantitative estimate of drug-likeness (QED) is 0.420. The molecule has 0 saturated carbocycles. The van der Waals surface area contributed by atoms with E-state index in [9.17, 15) is 40.3 Å². The molecule has 5 atom stereocenters. The van der Waals surface area contributed by atoms with E-state index in [0.29, 0.717) is 43.6 Å². The molecule has 0 bridgehead atoms. The molecule has 0 N–H and O–H groups in total. The Morgan fingerprint density at radius 2 is 1.45 bits per heavy atom. The molecule has 42 heavy (non-hydrogen) atoms. The Morgan fingerprint density at radius 3 is 2.05 bits per heavy atom. The predicted molar refractivity (Wildman–Crippen MR) is 139 cm³/mol. The van der Waals surface area contributed by atoms with E-state index in [1.165, 1.54) is 17.0 Å². The molecule has 0 aliphatic carbocycles. The lowest BCUT2D eigenvalue weighted by Crippen LogP contribution is -2.65. The monoisotopic (exact) mass is 599 g/mol. The van der Waals surface area contributed by atoms with Crippen molar-refractivity contribution >= 4 is 11.8 Å². The van der Waals surface area contributed by atoms with Gasteiger partial charge in [-0.05, 0) is 79.7 Å². The molecule has 3 aliphatic heterocycles.